The number of carbonyl (C=O) groups excluding carboxylic acids is 2. The second-order valence-corrected chi connectivity index (χ2v) is 9.19. The molecule has 2 aliphatic rings. The van der Waals surface area contributed by atoms with E-state index in [0.29, 0.717) is 11.4 Å². The molecule has 164 valence electrons. The van der Waals surface area contributed by atoms with E-state index in [1.54, 1.807) is 4.90 Å². The number of anilines is 1. The molecule has 2 aromatic rings. The van der Waals surface area contributed by atoms with Gasteiger partial charge in [-0.2, -0.15) is 4.31 Å². The minimum Gasteiger partial charge on any atom is -0.482 e. The van der Waals surface area contributed by atoms with Gasteiger partial charge in [0, 0.05) is 33.3 Å². The van der Waals surface area contributed by atoms with E-state index in [1.807, 2.05) is 30.3 Å². The van der Waals surface area contributed by atoms with Crippen LogP contribution in [0.1, 0.15) is 11.7 Å². The molecule has 31 heavy (non-hydrogen) atoms. The molecule has 1 atom stereocenters. The quantitative estimate of drug-likeness (QED) is 0.743. The highest BCUT2D eigenvalue weighted by Gasteiger charge is 2.33. The van der Waals surface area contributed by atoms with Gasteiger partial charge in [0.15, 0.2) is 12.7 Å². The first-order valence-electron chi connectivity index (χ1n) is 9.83. The van der Waals surface area contributed by atoms with Crippen molar-refractivity contribution in [3.05, 3.63) is 54.1 Å². The maximum atomic E-state index is 13.1. The fraction of sp³-hybridized carbons (Fsp3) is 0.333. The van der Waals surface area contributed by atoms with Crippen molar-refractivity contribution in [1.82, 2.24) is 9.21 Å². The highest BCUT2D eigenvalue weighted by Crippen LogP contribution is 2.31. The molecule has 0 spiro atoms. The Morgan fingerprint density at radius 2 is 1.81 bits per heavy atom. The van der Waals surface area contributed by atoms with E-state index in [9.17, 15) is 18.0 Å². The summed E-state index contributed by atoms with van der Waals surface area (Å²) in [6.07, 6.45) is -0.728. The summed E-state index contributed by atoms with van der Waals surface area (Å²) in [5, 5.41) is 2.62. The third-order valence-electron chi connectivity index (χ3n) is 5.33. The molecule has 1 fully saturated rings. The molecule has 0 radical (unpaired) electrons. The average molecular weight is 445 g/mol. The number of benzene rings is 2. The number of ether oxygens (including phenoxy) is 2. The summed E-state index contributed by atoms with van der Waals surface area (Å²) < 4.78 is 38.2. The predicted octanol–water partition coefficient (Wildman–Crippen LogP) is 1.24. The van der Waals surface area contributed by atoms with Crippen molar-refractivity contribution in [3.63, 3.8) is 0 Å². The number of rotatable bonds is 5. The summed E-state index contributed by atoms with van der Waals surface area (Å²) in [6, 6.07) is 13.6. The number of hydrogen-bond acceptors (Lipinski definition) is 6. The fourth-order valence-corrected chi connectivity index (χ4v) is 5.14. The molecule has 0 saturated carbocycles. The van der Waals surface area contributed by atoms with Crippen LogP contribution in [0.15, 0.2) is 53.4 Å². The van der Waals surface area contributed by atoms with Crippen molar-refractivity contribution in [2.75, 3.05) is 45.2 Å². The van der Waals surface area contributed by atoms with E-state index >= 15 is 0 Å². The summed E-state index contributed by atoms with van der Waals surface area (Å²) >= 11 is 0. The van der Waals surface area contributed by atoms with E-state index in [2.05, 4.69) is 5.32 Å². The molecule has 0 bridgehead atoms. The topological polar surface area (TPSA) is 105 Å². The number of nitrogens with zero attached hydrogens (tertiary/aromatic N) is 2. The Balaban J connectivity index is 1.45. The summed E-state index contributed by atoms with van der Waals surface area (Å²) in [7, 11) is -2.30. The number of piperazine rings is 1. The minimum atomic E-state index is -3.78. The third-order valence-corrected chi connectivity index (χ3v) is 7.23. The van der Waals surface area contributed by atoms with Crippen LogP contribution in [0, 0.1) is 0 Å². The fourth-order valence-electron chi connectivity index (χ4n) is 3.69. The molecule has 2 heterocycles. The monoisotopic (exact) mass is 445 g/mol. The third kappa shape index (κ3) is 4.27. The van der Waals surface area contributed by atoms with Gasteiger partial charge < -0.3 is 19.7 Å². The summed E-state index contributed by atoms with van der Waals surface area (Å²) in [4.78, 5) is 26.1. The van der Waals surface area contributed by atoms with Gasteiger partial charge in [0.05, 0.1) is 10.6 Å². The Morgan fingerprint density at radius 1 is 1.10 bits per heavy atom. The van der Waals surface area contributed by atoms with Crippen LogP contribution in [0.4, 0.5) is 5.69 Å². The molecule has 1 N–H and O–H groups in total. The smallest absolute Gasteiger partial charge is 0.262 e. The number of amides is 2. The van der Waals surface area contributed by atoms with Crippen LogP contribution >= 0.6 is 0 Å². The minimum absolute atomic E-state index is 0.0656. The number of sulfonamides is 1. The lowest BCUT2D eigenvalue weighted by molar-refractivity contribution is -0.143. The highest BCUT2D eigenvalue weighted by atomic mass is 32.2. The number of carbonyl (C=O) groups is 2. The number of nitrogens with one attached hydrogen (secondary N) is 1. The van der Waals surface area contributed by atoms with Crippen molar-refractivity contribution in [3.8, 4) is 5.75 Å². The first kappa shape index (κ1) is 21.3. The molecule has 0 aromatic heterocycles. The first-order chi connectivity index (χ1) is 14.9. The molecule has 2 aliphatic heterocycles. The predicted molar refractivity (Wildman–Crippen MR) is 112 cm³/mol. The average Bonchev–Trinajstić information content (AvgIpc) is 2.79. The summed E-state index contributed by atoms with van der Waals surface area (Å²) in [5.74, 6) is -0.0971. The summed E-state index contributed by atoms with van der Waals surface area (Å²) in [6.45, 7) is 0.754. The molecular weight excluding hydrogens is 422 g/mol. The van der Waals surface area contributed by atoms with Crippen molar-refractivity contribution >= 4 is 27.5 Å². The SMILES string of the molecule is CO[C@H](C(=O)N1CCN(S(=O)(=O)c2ccc3c(c2)NC(=O)CO3)CC1)c1ccccc1. The van der Waals surface area contributed by atoms with Gasteiger partial charge in [0.2, 0.25) is 10.0 Å². The van der Waals surface area contributed by atoms with Gasteiger partial charge >= 0.3 is 0 Å². The lowest BCUT2D eigenvalue weighted by Crippen LogP contribution is -2.51. The largest absolute Gasteiger partial charge is 0.482 e. The molecule has 2 amide bonds. The van der Waals surface area contributed by atoms with E-state index in [-0.39, 0.29) is 49.5 Å². The van der Waals surface area contributed by atoms with Crippen LogP contribution in [-0.4, -0.2) is 69.3 Å². The van der Waals surface area contributed by atoms with Crippen molar-refractivity contribution < 1.29 is 27.5 Å². The molecule has 0 unspecified atom stereocenters. The standard InChI is InChI=1S/C21H23N3O6S/c1-29-20(15-5-3-2-4-6-15)21(26)23-9-11-24(12-10-23)31(27,28)16-7-8-18-17(13-16)22-19(25)14-30-18/h2-8,13,20H,9-12,14H2,1H3,(H,22,25)/t20-/m0/s1. The Morgan fingerprint density at radius 3 is 2.48 bits per heavy atom. The Labute approximate surface area is 180 Å². The summed E-state index contributed by atoms with van der Waals surface area (Å²) in [5.41, 5.74) is 1.08. The van der Waals surface area contributed by atoms with Gasteiger partial charge in [0.25, 0.3) is 11.8 Å². The van der Waals surface area contributed by atoms with E-state index in [1.165, 1.54) is 29.6 Å². The zero-order valence-electron chi connectivity index (χ0n) is 17.0. The Hall–Kier alpha value is -2.95. The van der Waals surface area contributed by atoms with E-state index < -0.39 is 16.1 Å². The lowest BCUT2D eigenvalue weighted by Gasteiger charge is -2.35. The first-order valence-corrected chi connectivity index (χ1v) is 11.3. The number of hydrogen-bond donors (Lipinski definition) is 1. The highest BCUT2D eigenvalue weighted by molar-refractivity contribution is 7.89. The van der Waals surface area contributed by atoms with E-state index in [0.717, 1.165) is 5.56 Å². The van der Waals surface area contributed by atoms with Gasteiger partial charge in [-0.05, 0) is 23.8 Å². The van der Waals surface area contributed by atoms with Gasteiger partial charge in [-0.1, -0.05) is 30.3 Å². The molecule has 4 rings (SSSR count). The zero-order valence-corrected chi connectivity index (χ0v) is 17.8. The van der Waals surface area contributed by atoms with Gasteiger partial charge in [-0.3, -0.25) is 9.59 Å². The lowest BCUT2D eigenvalue weighted by atomic mass is 10.1. The Kier molecular flexibility index (Phi) is 5.94. The van der Waals surface area contributed by atoms with Gasteiger partial charge in [0.1, 0.15) is 5.75 Å². The van der Waals surface area contributed by atoms with Crippen LogP contribution in [0.3, 0.4) is 0 Å². The van der Waals surface area contributed by atoms with Crippen LogP contribution in [0.5, 0.6) is 5.75 Å². The molecule has 1 saturated heterocycles. The number of fused-ring (bicyclic) bond motifs is 1. The second kappa shape index (κ2) is 8.66. The van der Waals surface area contributed by atoms with Gasteiger partial charge in [-0.15, -0.1) is 0 Å². The molecule has 0 aliphatic carbocycles. The van der Waals surface area contributed by atoms with Crippen molar-refractivity contribution in [2.24, 2.45) is 0 Å². The van der Waals surface area contributed by atoms with Crippen LogP contribution in [-0.2, 0) is 24.3 Å². The van der Waals surface area contributed by atoms with Gasteiger partial charge in [-0.25, -0.2) is 8.42 Å². The maximum absolute atomic E-state index is 13.1. The maximum Gasteiger partial charge on any atom is 0.262 e. The van der Waals surface area contributed by atoms with Crippen molar-refractivity contribution in [2.45, 2.75) is 11.0 Å². The second-order valence-electron chi connectivity index (χ2n) is 7.25. The molecule has 9 nitrogen and oxygen atoms in total. The van der Waals surface area contributed by atoms with Crippen LogP contribution in [0.25, 0.3) is 0 Å². The molecule has 2 aromatic carbocycles. The number of methoxy groups -OCH3 is 1. The normalized spacial score (nSPS) is 18.0. The van der Waals surface area contributed by atoms with E-state index in [4.69, 9.17) is 9.47 Å². The van der Waals surface area contributed by atoms with Crippen molar-refractivity contribution in [1.29, 1.82) is 0 Å². The molecule has 10 heteroatoms. The van der Waals surface area contributed by atoms with Crippen LogP contribution < -0.4 is 10.1 Å². The zero-order chi connectivity index (χ0) is 22.0. The molecular formula is C21H23N3O6S. The Bertz CT molecular complexity index is 1080. The van der Waals surface area contributed by atoms with Crippen LogP contribution in [0.2, 0.25) is 0 Å².